The van der Waals surface area contributed by atoms with Crippen molar-refractivity contribution in [1.82, 2.24) is 0 Å². The van der Waals surface area contributed by atoms with Gasteiger partial charge in [0.15, 0.2) is 0 Å². The smallest absolute Gasteiger partial charge is 0.0485 e. The van der Waals surface area contributed by atoms with E-state index >= 15 is 0 Å². The van der Waals surface area contributed by atoms with Gasteiger partial charge in [-0.05, 0) is 6.92 Å². The Hall–Kier alpha value is -0.500. The van der Waals surface area contributed by atoms with Gasteiger partial charge in [-0.25, -0.2) is 0 Å². The van der Waals surface area contributed by atoms with Crippen molar-refractivity contribution in [1.29, 1.82) is 0 Å². The second kappa shape index (κ2) is 3.68. The van der Waals surface area contributed by atoms with E-state index in [0.29, 0.717) is 6.42 Å². The minimum Gasteiger partial charge on any atom is -0.402 e. The van der Waals surface area contributed by atoms with Gasteiger partial charge in [-0.1, -0.05) is 6.08 Å². The topological polar surface area (TPSA) is 46.2 Å². The number of nitrogens with two attached hydrogens (primary N) is 1. The minimum atomic E-state index is 0.149. The second-order valence-electron chi connectivity index (χ2n) is 1.34. The molecule has 0 aliphatic rings. The van der Waals surface area contributed by atoms with Gasteiger partial charge < -0.3 is 10.8 Å². The van der Waals surface area contributed by atoms with Crippen molar-refractivity contribution in [3.8, 4) is 0 Å². The Morgan fingerprint density at radius 1 is 1.86 bits per heavy atom. The molecule has 42 valence electrons. The predicted octanol–water partition coefficient (Wildman–Crippen LogP) is 0.231. The van der Waals surface area contributed by atoms with Crippen molar-refractivity contribution in [2.45, 2.75) is 13.3 Å². The Kier molecular flexibility index (Phi) is 3.42. The number of aliphatic hydroxyl groups excluding tert-OH is 1. The normalized spacial score (nSPS) is 12.0. The van der Waals surface area contributed by atoms with Crippen LogP contribution >= 0.6 is 0 Å². The van der Waals surface area contributed by atoms with Gasteiger partial charge in [-0.2, -0.15) is 0 Å². The Morgan fingerprint density at radius 2 is 2.43 bits per heavy atom. The quantitative estimate of drug-likeness (QED) is 0.523. The summed E-state index contributed by atoms with van der Waals surface area (Å²) in [6.45, 7) is 2.00. The average molecular weight is 101 g/mol. The molecule has 0 aromatic carbocycles. The molecule has 0 saturated carbocycles. The molecule has 0 fully saturated rings. The summed E-state index contributed by atoms with van der Waals surface area (Å²) in [6, 6.07) is 0. The molecule has 7 heavy (non-hydrogen) atoms. The molecule has 0 radical (unpaired) electrons. The molecule has 0 aromatic heterocycles. The molecule has 0 amide bonds. The van der Waals surface area contributed by atoms with E-state index in [9.17, 15) is 0 Å². The number of hydrogen-bond acceptors (Lipinski definition) is 2. The summed E-state index contributed by atoms with van der Waals surface area (Å²) in [6.07, 6.45) is 2.38. The van der Waals surface area contributed by atoms with Gasteiger partial charge in [-0.15, -0.1) is 0 Å². The molecular formula is C5H11NO. The molecule has 0 heterocycles. The van der Waals surface area contributed by atoms with Crippen LogP contribution in [0.15, 0.2) is 11.8 Å². The maximum atomic E-state index is 8.25. The first-order valence-corrected chi connectivity index (χ1v) is 2.32. The van der Waals surface area contributed by atoms with E-state index in [1.807, 2.05) is 6.92 Å². The largest absolute Gasteiger partial charge is 0.402 e. The average Bonchev–Trinajstić information content (AvgIpc) is 1.68. The molecule has 3 N–H and O–H groups in total. The van der Waals surface area contributed by atoms with E-state index in [4.69, 9.17) is 10.8 Å². The highest BCUT2D eigenvalue weighted by molar-refractivity contribution is 4.92. The number of hydrogen-bond donors (Lipinski definition) is 2. The molecule has 0 bridgehead atoms. The SMILES string of the molecule is C/C=C(\N)CCO. The molecule has 0 rings (SSSR count). The van der Waals surface area contributed by atoms with Crippen LogP contribution < -0.4 is 5.73 Å². The van der Waals surface area contributed by atoms with E-state index < -0.39 is 0 Å². The standard InChI is InChI=1S/C5H11NO/c1-2-5(6)3-4-7/h2,7H,3-4,6H2,1H3/b5-2-. The van der Waals surface area contributed by atoms with Gasteiger partial charge in [0.2, 0.25) is 0 Å². The third kappa shape index (κ3) is 3.33. The number of rotatable bonds is 2. The lowest BCUT2D eigenvalue weighted by Gasteiger charge is -1.91. The maximum Gasteiger partial charge on any atom is 0.0485 e. The zero-order valence-corrected chi connectivity index (χ0v) is 4.52. The molecule has 0 atom stereocenters. The Balaban J connectivity index is 3.17. The fourth-order valence-electron chi connectivity index (χ4n) is 0.273. The second-order valence-corrected chi connectivity index (χ2v) is 1.34. The molecule has 0 aliphatic carbocycles. The Morgan fingerprint density at radius 3 is 2.57 bits per heavy atom. The lowest BCUT2D eigenvalue weighted by molar-refractivity contribution is 0.298. The molecule has 0 unspecified atom stereocenters. The third-order valence-corrected chi connectivity index (χ3v) is 0.771. The third-order valence-electron chi connectivity index (χ3n) is 0.771. The summed E-state index contributed by atoms with van der Waals surface area (Å²) >= 11 is 0. The lowest BCUT2D eigenvalue weighted by atomic mass is 10.3. The van der Waals surface area contributed by atoms with Crippen LogP contribution in [0.4, 0.5) is 0 Å². The van der Waals surface area contributed by atoms with Crippen molar-refractivity contribution in [2.75, 3.05) is 6.61 Å². The van der Waals surface area contributed by atoms with Crippen LogP contribution in [0.3, 0.4) is 0 Å². The highest BCUT2D eigenvalue weighted by atomic mass is 16.3. The highest BCUT2D eigenvalue weighted by Gasteiger charge is 1.81. The number of allylic oxidation sites excluding steroid dienone is 1. The zero-order chi connectivity index (χ0) is 5.70. The van der Waals surface area contributed by atoms with Crippen LogP contribution in [-0.4, -0.2) is 11.7 Å². The van der Waals surface area contributed by atoms with Crippen molar-refractivity contribution in [3.05, 3.63) is 11.8 Å². The van der Waals surface area contributed by atoms with Crippen LogP contribution in [-0.2, 0) is 0 Å². The Bertz CT molecular complexity index is 68.5. The molecule has 0 saturated heterocycles. The first-order chi connectivity index (χ1) is 3.31. The van der Waals surface area contributed by atoms with Crippen LogP contribution in [0.2, 0.25) is 0 Å². The highest BCUT2D eigenvalue weighted by Crippen LogP contribution is 1.86. The maximum absolute atomic E-state index is 8.25. The molecular weight excluding hydrogens is 90.1 g/mol. The molecule has 0 aromatic rings. The molecule has 0 spiro atoms. The van der Waals surface area contributed by atoms with Crippen LogP contribution in [0.25, 0.3) is 0 Å². The van der Waals surface area contributed by atoms with E-state index in [1.54, 1.807) is 6.08 Å². The molecule has 0 aliphatic heterocycles. The van der Waals surface area contributed by atoms with E-state index in [0.717, 1.165) is 5.70 Å². The van der Waals surface area contributed by atoms with E-state index in [-0.39, 0.29) is 6.61 Å². The fourth-order valence-corrected chi connectivity index (χ4v) is 0.273. The van der Waals surface area contributed by atoms with Crippen molar-refractivity contribution in [2.24, 2.45) is 5.73 Å². The van der Waals surface area contributed by atoms with Gasteiger partial charge in [0.25, 0.3) is 0 Å². The summed E-state index contributed by atoms with van der Waals surface area (Å²) < 4.78 is 0. The first kappa shape index (κ1) is 6.50. The van der Waals surface area contributed by atoms with Crippen molar-refractivity contribution in [3.63, 3.8) is 0 Å². The molecule has 2 nitrogen and oxygen atoms in total. The minimum absolute atomic E-state index is 0.149. The molecule has 2 heteroatoms. The van der Waals surface area contributed by atoms with Gasteiger partial charge in [-0.3, -0.25) is 0 Å². The monoisotopic (exact) mass is 101 g/mol. The fraction of sp³-hybridized carbons (Fsp3) is 0.600. The van der Waals surface area contributed by atoms with Gasteiger partial charge >= 0.3 is 0 Å². The van der Waals surface area contributed by atoms with Crippen LogP contribution in [0.1, 0.15) is 13.3 Å². The van der Waals surface area contributed by atoms with Crippen molar-refractivity contribution >= 4 is 0 Å². The summed E-state index contributed by atoms with van der Waals surface area (Å²) in [5, 5.41) is 8.25. The van der Waals surface area contributed by atoms with Gasteiger partial charge in [0.1, 0.15) is 0 Å². The summed E-state index contributed by atoms with van der Waals surface area (Å²) in [5.74, 6) is 0. The van der Waals surface area contributed by atoms with Gasteiger partial charge in [0, 0.05) is 18.7 Å². The van der Waals surface area contributed by atoms with Crippen LogP contribution in [0, 0.1) is 0 Å². The van der Waals surface area contributed by atoms with Crippen LogP contribution in [0.5, 0.6) is 0 Å². The van der Waals surface area contributed by atoms with Gasteiger partial charge in [0.05, 0.1) is 0 Å². The van der Waals surface area contributed by atoms with Crippen molar-refractivity contribution < 1.29 is 5.11 Å². The lowest BCUT2D eigenvalue weighted by Crippen LogP contribution is -1.98. The van der Waals surface area contributed by atoms with E-state index in [2.05, 4.69) is 0 Å². The first-order valence-electron chi connectivity index (χ1n) is 2.32. The summed E-state index contributed by atoms with van der Waals surface area (Å²) in [7, 11) is 0. The van der Waals surface area contributed by atoms with E-state index in [1.165, 1.54) is 0 Å². The summed E-state index contributed by atoms with van der Waals surface area (Å²) in [5.41, 5.74) is 6.04. The Labute approximate surface area is 43.6 Å². The summed E-state index contributed by atoms with van der Waals surface area (Å²) in [4.78, 5) is 0. The number of aliphatic hydroxyl groups is 1. The predicted molar refractivity (Wildman–Crippen MR) is 29.6 cm³/mol. The zero-order valence-electron chi connectivity index (χ0n) is 4.52.